The van der Waals surface area contributed by atoms with Gasteiger partial charge >= 0.3 is 6.18 Å². The molecule has 1 nitrogen and oxygen atoms in total. The molecule has 70 valence electrons. The molecular formula is C7H10F3NS. The zero-order valence-corrected chi connectivity index (χ0v) is 7.67. The Bertz CT molecular complexity index is 170. The highest BCUT2D eigenvalue weighted by molar-refractivity contribution is 8.00. The van der Waals surface area contributed by atoms with Gasteiger partial charge in [-0.25, -0.2) is 0 Å². The van der Waals surface area contributed by atoms with Crippen molar-refractivity contribution in [3.8, 4) is 6.07 Å². The second-order valence-electron chi connectivity index (χ2n) is 2.78. The Morgan fingerprint density at radius 1 is 1.42 bits per heavy atom. The molecule has 0 saturated heterocycles. The first-order chi connectivity index (χ1) is 5.38. The van der Waals surface area contributed by atoms with Crippen molar-refractivity contribution in [3.63, 3.8) is 0 Å². The molecule has 0 N–H and O–H groups in total. The number of thioether (sulfide) groups is 1. The number of halogens is 3. The van der Waals surface area contributed by atoms with Crippen LogP contribution in [0.4, 0.5) is 13.2 Å². The van der Waals surface area contributed by atoms with Gasteiger partial charge in [-0.15, -0.1) is 11.8 Å². The fourth-order valence-corrected chi connectivity index (χ4v) is 1.33. The molecule has 0 radical (unpaired) electrons. The van der Waals surface area contributed by atoms with Crippen LogP contribution < -0.4 is 0 Å². The summed E-state index contributed by atoms with van der Waals surface area (Å²) in [6, 6.07) is 1.24. The fraction of sp³-hybridized carbons (Fsp3) is 0.857. The molecule has 0 aromatic rings. The first kappa shape index (κ1) is 11.6. The van der Waals surface area contributed by atoms with Crippen LogP contribution in [0.1, 0.15) is 13.8 Å². The molecule has 0 spiro atoms. The first-order valence-corrected chi connectivity index (χ1v) is 4.50. The normalized spacial score (nSPS) is 14.4. The van der Waals surface area contributed by atoms with Gasteiger partial charge in [0.1, 0.15) is 0 Å². The van der Waals surface area contributed by atoms with E-state index in [-0.39, 0.29) is 5.92 Å². The third kappa shape index (κ3) is 4.50. The fourth-order valence-electron chi connectivity index (χ4n) is 0.494. The Morgan fingerprint density at radius 2 is 1.92 bits per heavy atom. The van der Waals surface area contributed by atoms with E-state index in [4.69, 9.17) is 5.26 Å². The van der Waals surface area contributed by atoms with Crippen LogP contribution >= 0.6 is 11.8 Å². The van der Waals surface area contributed by atoms with E-state index in [0.29, 0.717) is 17.5 Å². The van der Waals surface area contributed by atoms with Crippen LogP contribution in [0.2, 0.25) is 0 Å². The third-order valence-corrected chi connectivity index (χ3v) is 2.58. The lowest BCUT2D eigenvalue weighted by molar-refractivity contribution is -0.118. The number of alkyl halides is 3. The van der Waals surface area contributed by atoms with Crippen molar-refractivity contribution in [2.24, 2.45) is 5.92 Å². The maximum absolute atomic E-state index is 11.9. The number of hydrogen-bond donors (Lipinski definition) is 0. The van der Waals surface area contributed by atoms with E-state index in [1.807, 2.05) is 13.8 Å². The standard InChI is InChI=1S/C7H10F3NS/c1-5(2)4-12-6(3-11)7(8,9)10/h5-6H,4H2,1-2H3. The van der Waals surface area contributed by atoms with Crippen LogP contribution in [0.25, 0.3) is 0 Å². The first-order valence-electron chi connectivity index (χ1n) is 3.46. The number of rotatable bonds is 3. The van der Waals surface area contributed by atoms with E-state index in [1.54, 1.807) is 0 Å². The lowest BCUT2D eigenvalue weighted by Gasteiger charge is -2.13. The van der Waals surface area contributed by atoms with E-state index in [0.717, 1.165) is 0 Å². The molecule has 0 rings (SSSR count). The Balaban J connectivity index is 3.96. The molecule has 0 amide bonds. The van der Waals surface area contributed by atoms with Crippen LogP contribution in [0.5, 0.6) is 0 Å². The van der Waals surface area contributed by atoms with E-state index in [9.17, 15) is 13.2 Å². The summed E-state index contributed by atoms with van der Waals surface area (Å²) in [4.78, 5) is 0. The summed E-state index contributed by atoms with van der Waals surface area (Å²) in [5.74, 6) is 0.533. The topological polar surface area (TPSA) is 23.8 Å². The lowest BCUT2D eigenvalue weighted by atomic mass is 10.3. The van der Waals surface area contributed by atoms with E-state index < -0.39 is 11.4 Å². The van der Waals surface area contributed by atoms with E-state index in [2.05, 4.69) is 0 Å². The molecule has 5 heteroatoms. The molecule has 12 heavy (non-hydrogen) atoms. The molecule has 0 aliphatic rings. The number of nitriles is 1. The van der Waals surface area contributed by atoms with Gasteiger partial charge in [0.05, 0.1) is 6.07 Å². The molecule has 1 unspecified atom stereocenters. The average molecular weight is 197 g/mol. The van der Waals surface area contributed by atoms with Crippen LogP contribution in [-0.4, -0.2) is 17.2 Å². The quantitative estimate of drug-likeness (QED) is 0.694. The molecule has 0 saturated carbocycles. The summed E-state index contributed by atoms with van der Waals surface area (Å²) in [5, 5.41) is 6.31. The largest absolute Gasteiger partial charge is 0.413 e. The summed E-state index contributed by atoms with van der Waals surface area (Å²) >= 11 is 0.650. The van der Waals surface area contributed by atoms with Crippen LogP contribution in [0.3, 0.4) is 0 Å². The van der Waals surface area contributed by atoms with Crippen LogP contribution in [-0.2, 0) is 0 Å². The lowest BCUT2D eigenvalue weighted by Crippen LogP contribution is -2.24. The zero-order valence-electron chi connectivity index (χ0n) is 6.85. The monoisotopic (exact) mass is 197 g/mol. The maximum Gasteiger partial charge on any atom is 0.413 e. The molecule has 0 fully saturated rings. The predicted octanol–water partition coefficient (Wildman–Crippen LogP) is 2.83. The van der Waals surface area contributed by atoms with Gasteiger partial charge in [0.15, 0.2) is 5.25 Å². The molecule has 0 aliphatic heterocycles. The minimum absolute atomic E-state index is 0.174. The second kappa shape index (κ2) is 4.61. The smallest absolute Gasteiger partial charge is 0.197 e. The Hall–Kier alpha value is -0.370. The van der Waals surface area contributed by atoms with Crippen molar-refractivity contribution >= 4 is 11.8 Å². The van der Waals surface area contributed by atoms with Crippen LogP contribution in [0, 0.1) is 17.2 Å². The highest BCUT2D eigenvalue weighted by atomic mass is 32.2. The third-order valence-electron chi connectivity index (χ3n) is 1.01. The predicted molar refractivity (Wildman–Crippen MR) is 42.8 cm³/mol. The Labute approximate surface area is 73.9 Å². The van der Waals surface area contributed by atoms with Gasteiger partial charge in [-0.1, -0.05) is 13.8 Å². The summed E-state index contributed by atoms with van der Waals surface area (Å²) in [6.45, 7) is 3.63. The van der Waals surface area contributed by atoms with Crippen molar-refractivity contribution in [3.05, 3.63) is 0 Å². The minimum atomic E-state index is -4.39. The summed E-state index contributed by atoms with van der Waals surface area (Å²) in [5.41, 5.74) is 0. The summed E-state index contributed by atoms with van der Waals surface area (Å²) < 4.78 is 35.8. The zero-order chi connectivity index (χ0) is 9.78. The molecule has 0 aliphatic carbocycles. The van der Waals surface area contributed by atoms with Crippen molar-refractivity contribution in [2.75, 3.05) is 5.75 Å². The van der Waals surface area contributed by atoms with Crippen molar-refractivity contribution < 1.29 is 13.2 Å². The second-order valence-corrected chi connectivity index (χ2v) is 3.92. The number of nitrogens with zero attached hydrogens (tertiary/aromatic N) is 1. The SMILES string of the molecule is CC(C)CSC(C#N)C(F)(F)F. The van der Waals surface area contributed by atoms with Gasteiger partial charge in [0.2, 0.25) is 0 Å². The molecule has 0 heterocycles. The van der Waals surface area contributed by atoms with Crippen molar-refractivity contribution in [1.29, 1.82) is 5.26 Å². The molecule has 0 aromatic heterocycles. The van der Waals surface area contributed by atoms with Crippen molar-refractivity contribution in [1.82, 2.24) is 0 Å². The number of hydrogen-bond acceptors (Lipinski definition) is 2. The summed E-state index contributed by atoms with van der Waals surface area (Å²) in [7, 11) is 0. The van der Waals surface area contributed by atoms with Gasteiger partial charge < -0.3 is 0 Å². The van der Waals surface area contributed by atoms with Gasteiger partial charge in [-0.05, 0) is 11.7 Å². The highest BCUT2D eigenvalue weighted by Gasteiger charge is 2.40. The molecule has 0 aromatic carbocycles. The van der Waals surface area contributed by atoms with Crippen molar-refractivity contribution in [2.45, 2.75) is 25.3 Å². The Morgan fingerprint density at radius 3 is 2.17 bits per heavy atom. The van der Waals surface area contributed by atoms with E-state index in [1.165, 1.54) is 6.07 Å². The maximum atomic E-state index is 11.9. The average Bonchev–Trinajstić information content (AvgIpc) is 1.85. The van der Waals surface area contributed by atoms with Gasteiger partial charge in [-0.3, -0.25) is 0 Å². The Kier molecular flexibility index (Phi) is 4.46. The van der Waals surface area contributed by atoms with Gasteiger partial charge in [-0.2, -0.15) is 18.4 Å². The highest BCUT2D eigenvalue weighted by Crippen LogP contribution is 2.30. The van der Waals surface area contributed by atoms with E-state index >= 15 is 0 Å². The summed E-state index contributed by atoms with van der Waals surface area (Å²) in [6.07, 6.45) is -4.39. The molecular weight excluding hydrogens is 187 g/mol. The van der Waals surface area contributed by atoms with Gasteiger partial charge in [0.25, 0.3) is 0 Å². The van der Waals surface area contributed by atoms with Crippen LogP contribution in [0.15, 0.2) is 0 Å². The molecule has 0 bridgehead atoms. The minimum Gasteiger partial charge on any atom is -0.197 e. The molecule has 1 atom stereocenters. The van der Waals surface area contributed by atoms with Gasteiger partial charge in [0, 0.05) is 0 Å².